The largest absolute Gasteiger partial charge is 0.384 e. The van der Waals surface area contributed by atoms with Gasteiger partial charge in [-0.25, -0.2) is 9.50 Å². The van der Waals surface area contributed by atoms with Gasteiger partial charge in [0.25, 0.3) is 0 Å². The summed E-state index contributed by atoms with van der Waals surface area (Å²) >= 11 is 0. The van der Waals surface area contributed by atoms with Gasteiger partial charge in [0.2, 0.25) is 0 Å². The highest BCUT2D eigenvalue weighted by Crippen LogP contribution is 2.08. The zero-order chi connectivity index (χ0) is 9.42. The van der Waals surface area contributed by atoms with E-state index in [-0.39, 0.29) is 5.84 Å². The van der Waals surface area contributed by atoms with Crippen LogP contribution in [0.2, 0.25) is 0 Å². The predicted molar refractivity (Wildman–Crippen MR) is 48.7 cm³/mol. The molecular weight excluding hydrogens is 166 g/mol. The van der Waals surface area contributed by atoms with Crippen molar-refractivity contribution >= 4 is 11.5 Å². The van der Waals surface area contributed by atoms with Crippen LogP contribution in [0.15, 0.2) is 18.5 Å². The van der Waals surface area contributed by atoms with Gasteiger partial charge in [-0.2, -0.15) is 5.10 Å². The molecule has 5 nitrogen and oxygen atoms in total. The minimum absolute atomic E-state index is 0.0120. The molecule has 2 aromatic heterocycles. The van der Waals surface area contributed by atoms with Gasteiger partial charge in [-0.05, 0) is 19.1 Å². The Bertz CT molecular complexity index is 470. The average Bonchev–Trinajstić information content (AvgIpc) is 2.53. The first-order valence-electron chi connectivity index (χ1n) is 3.84. The van der Waals surface area contributed by atoms with Crippen molar-refractivity contribution < 1.29 is 0 Å². The number of amidine groups is 1. The van der Waals surface area contributed by atoms with Gasteiger partial charge in [-0.1, -0.05) is 0 Å². The van der Waals surface area contributed by atoms with Crippen LogP contribution in [0.25, 0.3) is 5.65 Å². The molecule has 0 atom stereocenters. The summed E-state index contributed by atoms with van der Waals surface area (Å²) in [6.45, 7) is 1.92. The second-order valence-corrected chi connectivity index (χ2v) is 2.80. The molecule has 0 spiro atoms. The second kappa shape index (κ2) is 2.55. The number of nitrogen functional groups attached to an aromatic ring is 1. The molecule has 0 radical (unpaired) electrons. The normalized spacial score (nSPS) is 10.5. The molecule has 0 aliphatic rings. The van der Waals surface area contributed by atoms with Gasteiger partial charge in [-0.15, -0.1) is 0 Å². The zero-order valence-electron chi connectivity index (χ0n) is 7.15. The number of aryl methyl sites for hydroxylation is 1. The highest BCUT2D eigenvalue weighted by atomic mass is 15.3. The van der Waals surface area contributed by atoms with E-state index >= 15 is 0 Å². The quantitative estimate of drug-likeness (QED) is 0.484. The summed E-state index contributed by atoms with van der Waals surface area (Å²) < 4.78 is 1.66. The topological polar surface area (TPSA) is 80.1 Å². The Labute approximate surface area is 74.7 Å². The Hall–Kier alpha value is -1.91. The van der Waals surface area contributed by atoms with E-state index in [4.69, 9.17) is 11.1 Å². The molecule has 0 saturated carbocycles. The fourth-order valence-electron chi connectivity index (χ4n) is 1.24. The van der Waals surface area contributed by atoms with Crippen LogP contribution in [0.3, 0.4) is 0 Å². The number of fused-ring (bicyclic) bond motifs is 1. The van der Waals surface area contributed by atoms with Gasteiger partial charge >= 0.3 is 0 Å². The Kier molecular flexibility index (Phi) is 1.51. The summed E-state index contributed by atoms with van der Waals surface area (Å²) in [4.78, 5) is 4.03. The van der Waals surface area contributed by atoms with Crippen molar-refractivity contribution in [3.63, 3.8) is 0 Å². The van der Waals surface area contributed by atoms with Crippen LogP contribution in [0, 0.1) is 12.3 Å². The summed E-state index contributed by atoms with van der Waals surface area (Å²) in [6.07, 6.45) is 1.45. The van der Waals surface area contributed by atoms with Crippen molar-refractivity contribution in [2.75, 3.05) is 0 Å². The van der Waals surface area contributed by atoms with E-state index in [1.54, 1.807) is 10.6 Å². The molecule has 0 amide bonds. The van der Waals surface area contributed by atoms with E-state index in [0.29, 0.717) is 11.2 Å². The molecule has 0 aliphatic carbocycles. The second-order valence-electron chi connectivity index (χ2n) is 2.80. The molecule has 66 valence electrons. The van der Waals surface area contributed by atoms with E-state index in [2.05, 4.69) is 10.1 Å². The van der Waals surface area contributed by atoms with Crippen LogP contribution >= 0.6 is 0 Å². The first-order chi connectivity index (χ1) is 6.20. The van der Waals surface area contributed by atoms with Gasteiger partial charge < -0.3 is 5.73 Å². The molecule has 0 aromatic carbocycles. The van der Waals surface area contributed by atoms with Gasteiger partial charge in [-0.3, -0.25) is 5.41 Å². The minimum atomic E-state index is 0.0120. The molecule has 2 rings (SSSR count). The predicted octanol–water partition coefficient (Wildman–Crippen LogP) is 0.322. The van der Waals surface area contributed by atoms with Crippen LogP contribution in [-0.4, -0.2) is 20.4 Å². The molecule has 0 fully saturated rings. The maximum absolute atomic E-state index is 7.32. The third-order valence-corrected chi connectivity index (χ3v) is 1.90. The summed E-state index contributed by atoms with van der Waals surface area (Å²) in [5, 5.41) is 11.3. The molecule has 2 aromatic rings. The molecule has 0 unspecified atom stereocenters. The maximum Gasteiger partial charge on any atom is 0.166 e. The van der Waals surface area contributed by atoms with Crippen LogP contribution < -0.4 is 5.73 Å². The van der Waals surface area contributed by atoms with Crippen molar-refractivity contribution in [1.29, 1.82) is 5.41 Å². The monoisotopic (exact) mass is 175 g/mol. The summed E-state index contributed by atoms with van der Waals surface area (Å²) in [7, 11) is 0. The van der Waals surface area contributed by atoms with Gasteiger partial charge in [0, 0.05) is 5.69 Å². The maximum atomic E-state index is 7.32. The van der Waals surface area contributed by atoms with Crippen LogP contribution in [-0.2, 0) is 0 Å². The number of nitrogens with two attached hydrogens (primary N) is 1. The molecule has 0 aliphatic heterocycles. The van der Waals surface area contributed by atoms with Crippen molar-refractivity contribution in [2.45, 2.75) is 6.92 Å². The Morgan fingerprint density at radius 2 is 2.31 bits per heavy atom. The smallest absolute Gasteiger partial charge is 0.166 e. The molecule has 0 bridgehead atoms. The number of hydrogen-bond acceptors (Lipinski definition) is 3. The lowest BCUT2D eigenvalue weighted by atomic mass is 10.2. The number of nitrogens with zero attached hydrogens (tertiary/aromatic N) is 3. The summed E-state index contributed by atoms with van der Waals surface area (Å²) in [5.41, 5.74) is 7.61. The third-order valence-electron chi connectivity index (χ3n) is 1.90. The zero-order valence-corrected chi connectivity index (χ0v) is 7.15. The van der Waals surface area contributed by atoms with E-state index in [9.17, 15) is 0 Å². The van der Waals surface area contributed by atoms with E-state index in [1.807, 2.05) is 13.0 Å². The third kappa shape index (κ3) is 1.05. The SMILES string of the molecule is Cc1ccc(C(=N)N)c2ncnn12. The van der Waals surface area contributed by atoms with Crippen LogP contribution in [0.1, 0.15) is 11.3 Å². The molecule has 0 saturated heterocycles. The molecule has 13 heavy (non-hydrogen) atoms. The molecule has 3 N–H and O–H groups in total. The summed E-state index contributed by atoms with van der Waals surface area (Å²) in [5.74, 6) is 0.0120. The summed E-state index contributed by atoms with van der Waals surface area (Å²) in [6, 6.07) is 3.64. The van der Waals surface area contributed by atoms with Crippen molar-refractivity contribution in [2.24, 2.45) is 5.73 Å². The highest BCUT2D eigenvalue weighted by molar-refractivity contribution is 6.00. The molecular formula is C8H9N5. The average molecular weight is 175 g/mol. The first kappa shape index (κ1) is 7.72. The first-order valence-corrected chi connectivity index (χ1v) is 3.84. The minimum Gasteiger partial charge on any atom is -0.384 e. The van der Waals surface area contributed by atoms with Crippen LogP contribution in [0.4, 0.5) is 0 Å². The lowest BCUT2D eigenvalue weighted by Crippen LogP contribution is -2.13. The highest BCUT2D eigenvalue weighted by Gasteiger charge is 2.06. The van der Waals surface area contributed by atoms with Crippen molar-refractivity contribution in [1.82, 2.24) is 14.6 Å². The molecule has 5 heteroatoms. The van der Waals surface area contributed by atoms with Gasteiger partial charge in [0.05, 0.1) is 5.56 Å². The van der Waals surface area contributed by atoms with Crippen molar-refractivity contribution in [3.05, 3.63) is 29.7 Å². The Morgan fingerprint density at radius 1 is 1.54 bits per heavy atom. The van der Waals surface area contributed by atoms with E-state index in [1.165, 1.54) is 6.33 Å². The Morgan fingerprint density at radius 3 is 3.00 bits per heavy atom. The lowest BCUT2D eigenvalue weighted by molar-refractivity contribution is 0.913. The lowest BCUT2D eigenvalue weighted by Gasteiger charge is -2.02. The fraction of sp³-hybridized carbons (Fsp3) is 0.125. The van der Waals surface area contributed by atoms with E-state index < -0.39 is 0 Å². The number of nitrogens with one attached hydrogen (secondary N) is 1. The van der Waals surface area contributed by atoms with E-state index in [0.717, 1.165) is 5.69 Å². The number of hydrogen-bond donors (Lipinski definition) is 2. The fourth-order valence-corrected chi connectivity index (χ4v) is 1.24. The van der Waals surface area contributed by atoms with Gasteiger partial charge in [0.1, 0.15) is 12.2 Å². The number of aromatic nitrogens is 3. The number of rotatable bonds is 1. The molecule has 2 heterocycles. The van der Waals surface area contributed by atoms with Gasteiger partial charge in [0.15, 0.2) is 5.65 Å². The van der Waals surface area contributed by atoms with Crippen LogP contribution in [0.5, 0.6) is 0 Å². The number of pyridine rings is 1. The standard InChI is InChI=1S/C8H9N5/c1-5-2-3-6(7(9)10)8-11-4-12-13(5)8/h2-4H,1H3,(H3,9,10). The van der Waals surface area contributed by atoms with Crippen molar-refractivity contribution in [3.8, 4) is 0 Å². The Balaban J connectivity index is 2.86.